The number of hydrogen-bond donors (Lipinski definition) is 2. The minimum absolute atomic E-state index is 0.155. The van der Waals surface area contributed by atoms with E-state index in [4.69, 9.17) is 0 Å². The first-order chi connectivity index (χ1) is 7.61. The molecule has 0 spiro atoms. The highest BCUT2D eigenvalue weighted by Gasteiger charge is 1.99. The number of carbonyl (C=O) groups excluding carboxylic acids is 1. The smallest absolute Gasteiger partial charge is 0.314 e. The summed E-state index contributed by atoms with van der Waals surface area (Å²) in [5.41, 5.74) is 2.36. The van der Waals surface area contributed by atoms with Gasteiger partial charge in [-0.2, -0.15) is 0 Å². The first-order valence-electron chi connectivity index (χ1n) is 5.30. The van der Waals surface area contributed by atoms with E-state index in [2.05, 4.69) is 27.7 Å². The molecule has 16 heavy (non-hydrogen) atoms. The van der Waals surface area contributed by atoms with Gasteiger partial charge < -0.3 is 15.5 Å². The number of hydrogen-bond acceptors (Lipinski definition) is 2. The van der Waals surface area contributed by atoms with Crippen molar-refractivity contribution in [2.75, 3.05) is 21.1 Å². The normalized spacial score (nSPS) is 10.2. The van der Waals surface area contributed by atoms with E-state index in [9.17, 15) is 4.79 Å². The lowest BCUT2D eigenvalue weighted by Gasteiger charge is -2.11. The van der Waals surface area contributed by atoms with Gasteiger partial charge in [0.25, 0.3) is 0 Å². The van der Waals surface area contributed by atoms with Gasteiger partial charge in [0.1, 0.15) is 0 Å². The number of rotatable bonds is 4. The van der Waals surface area contributed by atoms with E-state index in [0.29, 0.717) is 6.54 Å². The van der Waals surface area contributed by atoms with Crippen molar-refractivity contribution in [1.29, 1.82) is 0 Å². The van der Waals surface area contributed by atoms with Gasteiger partial charge in [0, 0.05) is 20.1 Å². The summed E-state index contributed by atoms with van der Waals surface area (Å²) >= 11 is 0. The maximum absolute atomic E-state index is 11.0. The fourth-order valence-electron chi connectivity index (χ4n) is 1.47. The summed E-state index contributed by atoms with van der Waals surface area (Å²) < 4.78 is 0. The third kappa shape index (κ3) is 4.31. The van der Waals surface area contributed by atoms with Crippen LogP contribution in [0, 0.1) is 0 Å². The van der Waals surface area contributed by atoms with Crippen molar-refractivity contribution in [1.82, 2.24) is 15.5 Å². The van der Waals surface area contributed by atoms with Gasteiger partial charge in [-0.1, -0.05) is 24.3 Å². The Labute approximate surface area is 96.6 Å². The Balaban J connectivity index is 2.56. The molecular weight excluding hydrogens is 202 g/mol. The molecule has 0 heterocycles. The van der Waals surface area contributed by atoms with Gasteiger partial charge in [0.2, 0.25) is 0 Å². The highest BCUT2D eigenvalue weighted by molar-refractivity contribution is 5.73. The molecular formula is C12H19N3O. The van der Waals surface area contributed by atoms with E-state index >= 15 is 0 Å². The molecule has 2 amide bonds. The molecule has 0 aliphatic carbocycles. The summed E-state index contributed by atoms with van der Waals surface area (Å²) in [5.74, 6) is 0. The van der Waals surface area contributed by atoms with E-state index < -0.39 is 0 Å². The Morgan fingerprint density at radius 2 is 2.00 bits per heavy atom. The second kappa shape index (κ2) is 6.12. The van der Waals surface area contributed by atoms with Crippen LogP contribution in [0.15, 0.2) is 24.3 Å². The molecule has 4 heteroatoms. The van der Waals surface area contributed by atoms with Crippen molar-refractivity contribution in [3.63, 3.8) is 0 Å². The summed E-state index contributed by atoms with van der Waals surface area (Å²) in [6.07, 6.45) is 0. The number of nitrogens with zero attached hydrogens (tertiary/aromatic N) is 1. The molecule has 4 nitrogen and oxygen atoms in total. The monoisotopic (exact) mass is 221 g/mol. The highest BCUT2D eigenvalue weighted by Crippen LogP contribution is 2.06. The predicted molar refractivity (Wildman–Crippen MR) is 65.1 cm³/mol. The first-order valence-corrected chi connectivity index (χ1v) is 5.30. The molecule has 0 unspecified atom stereocenters. The average molecular weight is 221 g/mol. The van der Waals surface area contributed by atoms with Crippen molar-refractivity contribution in [2.45, 2.75) is 13.1 Å². The van der Waals surface area contributed by atoms with Gasteiger partial charge >= 0.3 is 6.03 Å². The molecule has 1 aromatic carbocycles. The molecule has 0 atom stereocenters. The van der Waals surface area contributed by atoms with Crippen LogP contribution in [0.1, 0.15) is 11.1 Å². The highest BCUT2D eigenvalue weighted by atomic mass is 16.2. The van der Waals surface area contributed by atoms with Crippen LogP contribution in [0.4, 0.5) is 4.79 Å². The molecule has 0 radical (unpaired) electrons. The summed E-state index contributed by atoms with van der Waals surface area (Å²) in [6.45, 7) is 1.47. The van der Waals surface area contributed by atoms with Gasteiger partial charge in [-0.3, -0.25) is 0 Å². The Morgan fingerprint density at radius 1 is 1.31 bits per heavy atom. The molecule has 0 aliphatic heterocycles. The van der Waals surface area contributed by atoms with Crippen molar-refractivity contribution in [3.05, 3.63) is 35.4 Å². The van der Waals surface area contributed by atoms with E-state index in [1.165, 1.54) is 5.56 Å². The van der Waals surface area contributed by atoms with Crippen LogP contribution < -0.4 is 10.6 Å². The first kappa shape index (κ1) is 12.5. The summed E-state index contributed by atoms with van der Waals surface area (Å²) in [5, 5.41) is 5.29. The SMILES string of the molecule is CNC(=O)NCc1cccc(CN(C)C)c1. The van der Waals surface area contributed by atoms with Crippen LogP contribution in [0.2, 0.25) is 0 Å². The molecule has 1 aromatic rings. The van der Waals surface area contributed by atoms with Crippen molar-refractivity contribution in [2.24, 2.45) is 0 Å². The van der Waals surface area contributed by atoms with Gasteiger partial charge in [-0.05, 0) is 25.2 Å². The lowest BCUT2D eigenvalue weighted by molar-refractivity contribution is 0.242. The minimum atomic E-state index is -0.155. The maximum atomic E-state index is 11.0. The predicted octanol–water partition coefficient (Wildman–Crippen LogP) is 1.18. The van der Waals surface area contributed by atoms with E-state index in [1.54, 1.807) is 7.05 Å². The van der Waals surface area contributed by atoms with Crippen LogP contribution >= 0.6 is 0 Å². The molecule has 0 bridgehead atoms. The molecule has 0 aromatic heterocycles. The zero-order valence-corrected chi connectivity index (χ0v) is 10.1. The number of urea groups is 1. The Bertz CT molecular complexity index is 350. The van der Waals surface area contributed by atoms with Crippen LogP contribution in [0.25, 0.3) is 0 Å². The minimum Gasteiger partial charge on any atom is -0.341 e. The van der Waals surface area contributed by atoms with E-state index in [0.717, 1.165) is 12.1 Å². The molecule has 88 valence electrons. The van der Waals surface area contributed by atoms with Gasteiger partial charge in [-0.25, -0.2) is 4.79 Å². The quantitative estimate of drug-likeness (QED) is 0.802. The summed E-state index contributed by atoms with van der Waals surface area (Å²) in [6, 6.07) is 8.06. The van der Waals surface area contributed by atoms with E-state index in [1.807, 2.05) is 26.2 Å². The van der Waals surface area contributed by atoms with Gasteiger partial charge in [-0.15, -0.1) is 0 Å². The zero-order valence-electron chi connectivity index (χ0n) is 10.1. The topological polar surface area (TPSA) is 44.4 Å². The fourth-order valence-corrected chi connectivity index (χ4v) is 1.47. The second-order valence-corrected chi connectivity index (χ2v) is 3.99. The fraction of sp³-hybridized carbons (Fsp3) is 0.417. The van der Waals surface area contributed by atoms with Gasteiger partial charge in [0.05, 0.1) is 0 Å². The summed E-state index contributed by atoms with van der Waals surface area (Å²) in [7, 11) is 5.68. The third-order valence-electron chi connectivity index (χ3n) is 2.17. The number of benzene rings is 1. The number of carbonyl (C=O) groups is 1. The van der Waals surface area contributed by atoms with Crippen molar-refractivity contribution in [3.8, 4) is 0 Å². The van der Waals surface area contributed by atoms with Crippen molar-refractivity contribution < 1.29 is 4.79 Å². The molecule has 0 fully saturated rings. The Kier molecular flexibility index (Phi) is 4.79. The Hall–Kier alpha value is -1.55. The largest absolute Gasteiger partial charge is 0.341 e. The third-order valence-corrected chi connectivity index (χ3v) is 2.17. The van der Waals surface area contributed by atoms with E-state index in [-0.39, 0.29) is 6.03 Å². The van der Waals surface area contributed by atoms with Crippen LogP contribution in [-0.4, -0.2) is 32.1 Å². The van der Waals surface area contributed by atoms with Crippen LogP contribution in [0.5, 0.6) is 0 Å². The Morgan fingerprint density at radius 3 is 2.62 bits per heavy atom. The lowest BCUT2D eigenvalue weighted by atomic mass is 10.1. The zero-order chi connectivity index (χ0) is 12.0. The molecule has 0 saturated carbocycles. The lowest BCUT2D eigenvalue weighted by Crippen LogP contribution is -2.32. The van der Waals surface area contributed by atoms with Crippen LogP contribution in [0.3, 0.4) is 0 Å². The molecule has 2 N–H and O–H groups in total. The number of amides is 2. The average Bonchev–Trinajstić information content (AvgIpc) is 2.25. The molecule has 0 aliphatic rings. The van der Waals surface area contributed by atoms with Gasteiger partial charge in [0.15, 0.2) is 0 Å². The number of nitrogens with one attached hydrogen (secondary N) is 2. The molecule has 0 saturated heterocycles. The van der Waals surface area contributed by atoms with Crippen molar-refractivity contribution >= 4 is 6.03 Å². The maximum Gasteiger partial charge on any atom is 0.314 e. The molecule has 1 rings (SSSR count). The second-order valence-electron chi connectivity index (χ2n) is 3.99. The standard InChI is InChI=1S/C12H19N3O/c1-13-12(16)14-8-10-5-4-6-11(7-10)9-15(2)3/h4-7H,8-9H2,1-3H3,(H2,13,14,16). The summed E-state index contributed by atoms with van der Waals surface area (Å²) in [4.78, 5) is 13.1. The van der Waals surface area contributed by atoms with Crippen LogP contribution in [-0.2, 0) is 13.1 Å².